The lowest BCUT2D eigenvalue weighted by Gasteiger charge is -2.27. The average Bonchev–Trinajstić information content (AvgIpc) is 3.17. The zero-order valence-corrected chi connectivity index (χ0v) is 22.7. The van der Waals surface area contributed by atoms with Crippen LogP contribution in [-0.4, -0.2) is 61.3 Å². The molecule has 1 amide bonds. The number of nitrogens with zero attached hydrogens (tertiary/aromatic N) is 2. The van der Waals surface area contributed by atoms with Crippen molar-refractivity contribution in [2.75, 3.05) is 25.2 Å². The molecule has 2 aromatic rings. The van der Waals surface area contributed by atoms with Crippen LogP contribution < -0.4 is 15.4 Å². The van der Waals surface area contributed by atoms with Gasteiger partial charge < -0.3 is 15.4 Å². The number of benzene rings is 1. The fourth-order valence-electron chi connectivity index (χ4n) is 4.44. The number of aryl methyl sites for hydroxylation is 1. The predicted molar refractivity (Wildman–Crippen MR) is 137 cm³/mol. The highest BCUT2D eigenvalue weighted by Gasteiger charge is 2.36. The second kappa shape index (κ2) is 11.5. The van der Waals surface area contributed by atoms with Crippen LogP contribution in [0.25, 0.3) is 5.69 Å². The second-order valence-corrected chi connectivity index (χ2v) is 12.0. The van der Waals surface area contributed by atoms with Crippen LogP contribution in [0.3, 0.4) is 0 Å². The van der Waals surface area contributed by atoms with Gasteiger partial charge in [-0.15, -0.1) is 0 Å². The van der Waals surface area contributed by atoms with E-state index in [4.69, 9.17) is 16.3 Å². The molecule has 0 aliphatic heterocycles. The van der Waals surface area contributed by atoms with Gasteiger partial charge in [0, 0.05) is 31.0 Å². The molecule has 0 bridgehead atoms. The van der Waals surface area contributed by atoms with Crippen LogP contribution in [0.5, 0.6) is 5.75 Å². The van der Waals surface area contributed by atoms with E-state index in [1.54, 1.807) is 10.6 Å². The smallest absolute Gasteiger partial charge is 0.408 e. The van der Waals surface area contributed by atoms with E-state index in [1.807, 2.05) is 6.92 Å². The minimum atomic E-state index is -4.41. The number of hydrogen-bond donors (Lipinski definition) is 2. The van der Waals surface area contributed by atoms with Crippen LogP contribution in [-0.2, 0) is 16.3 Å². The minimum absolute atomic E-state index is 0.0262. The highest BCUT2D eigenvalue weighted by molar-refractivity contribution is 7.91. The molecule has 206 valence electrons. The largest absolute Gasteiger partial charge is 0.494 e. The molecule has 1 aromatic heterocycles. The second-order valence-electron chi connectivity index (χ2n) is 9.33. The molecule has 0 unspecified atom stereocenters. The van der Waals surface area contributed by atoms with Gasteiger partial charge >= 0.3 is 6.18 Å². The van der Waals surface area contributed by atoms with Gasteiger partial charge in [0.05, 0.1) is 18.0 Å². The Hall–Kier alpha value is -2.47. The van der Waals surface area contributed by atoms with E-state index in [0.29, 0.717) is 50.2 Å². The van der Waals surface area contributed by atoms with Gasteiger partial charge in [0.1, 0.15) is 32.6 Å². The summed E-state index contributed by atoms with van der Waals surface area (Å²) in [7, 11) is -1.68. The lowest BCUT2D eigenvalue weighted by atomic mass is 9.89. The summed E-state index contributed by atoms with van der Waals surface area (Å²) >= 11 is 6.59. The first-order valence-electron chi connectivity index (χ1n) is 12.0. The zero-order chi connectivity index (χ0) is 27.5. The summed E-state index contributed by atoms with van der Waals surface area (Å²) in [5, 5.41) is 4.98. The molecule has 1 heterocycles. The monoisotopic (exact) mass is 564 g/mol. The van der Waals surface area contributed by atoms with Crippen molar-refractivity contribution in [3.8, 4) is 11.4 Å². The van der Waals surface area contributed by atoms with E-state index in [0.717, 1.165) is 6.92 Å². The van der Waals surface area contributed by atoms with Crippen molar-refractivity contribution in [3.63, 3.8) is 0 Å². The molecule has 3 rings (SSSR count). The molecule has 1 aromatic carbocycles. The summed E-state index contributed by atoms with van der Waals surface area (Å²) in [6.45, 7) is 3.23. The van der Waals surface area contributed by atoms with Gasteiger partial charge in [-0.2, -0.15) is 13.2 Å². The number of amides is 1. The van der Waals surface area contributed by atoms with Crippen LogP contribution in [0, 0.1) is 5.92 Å². The Labute approximate surface area is 219 Å². The van der Waals surface area contributed by atoms with Crippen molar-refractivity contribution in [1.82, 2.24) is 14.9 Å². The third kappa shape index (κ3) is 6.90. The molecule has 1 aliphatic carbocycles. The summed E-state index contributed by atoms with van der Waals surface area (Å²) in [5.74, 6) is 0.432. The number of anilines is 1. The predicted octanol–water partition coefficient (Wildman–Crippen LogP) is 4.79. The fraction of sp³-hybridized carbons (Fsp3) is 0.583. The van der Waals surface area contributed by atoms with E-state index in [2.05, 4.69) is 15.6 Å². The number of rotatable bonds is 9. The fourth-order valence-corrected chi connectivity index (χ4v) is 5.88. The Kier molecular flexibility index (Phi) is 9.05. The van der Waals surface area contributed by atoms with E-state index in [-0.39, 0.29) is 33.5 Å². The minimum Gasteiger partial charge on any atom is -0.494 e. The number of aromatic nitrogens is 2. The zero-order valence-electron chi connectivity index (χ0n) is 21.2. The number of hydrogen-bond acceptors (Lipinski definition) is 6. The summed E-state index contributed by atoms with van der Waals surface area (Å²) in [6.07, 6.45) is -0.190. The van der Waals surface area contributed by atoms with Crippen LogP contribution >= 0.6 is 11.6 Å². The molecule has 1 atom stereocenters. The number of alkyl halides is 3. The van der Waals surface area contributed by atoms with E-state index >= 15 is 0 Å². The van der Waals surface area contributed by atoms with Crippen molar-refractivity contribution in [1.29, 1.82) is 0 Å². The van der Waals surface area contributed by atoms with Crippen molar-refractivity contribution in [3.05, 3.63) is 34.9 Å². The van der Waals surface area contributed by atoms with Gasteiger partial charge in [0.25, 0.3) is 5.91 Å². The van der Waals surface area contributed by atoms with Gasteiger partial charge in [-0.1, -0.05) is 18.5 Å². The number of ether oxygens (including phenoxy) is 1. The Morgan fingerprint density at radius 2 is 1.92 bits per heavy atom. The van der Waals surface area contributed by atoms with E-state index in [9.17, 15) is 26.4 Å². The molecule has 37 heavy (non-hydrogen) atoms. The van der Waals surface area contributed by atoms with Crippen molar-refractivity contribution in [2.45, 2.75) is 63.4 Å². The molecular weight excluding hydrogens is 533 g/mol. The van der Waals surface area contributed by atoms with E-state index in [1.165, 1.54) is 25.5 Å². The summed E-state index contributed by atoms with van der Waals surface area (Å²) in [6, 6.07) is 2.70. The normalized spacial score (nSPS) is 19.4. The number of nitrogens with one attached hydrogen (secondary N) is 2. The number of halogens is 4. The Morgan fingerprint density at radius 1 is 1.27 bits per heavy atom. The van der Waals surface area contributed by atoms with Crippen LogP contribution in [0.4, 0.5) is 18.9 Å². The van der Waals surface area contributed by atoms with Crippen LogP contribution in [0.1, 0.15) is 55.8 Å². The number of carbonyl (C=O) groups is 1. The molecule has 0 radical (unpaired) electrons. The summed E-state index contributed by atoms with van der Waals surface area (Å²) in [5.41, 5.74) is 0.668. The molecule has 1 aliphatic rings. The Bertz CT molecular complexity index is 1230. The standard InChI is InChI=1S/C24H32ClF3N4O4S/c1-5-20-31-21(23(33)29-13-15-6-9-17(10-7-15)37(4,34)35)22(25)32(20)18-11-8-16(12-19(18)36-3)30-14(2)24(26,27)28/h8,11-12,14-15,17,30H,5-7,9-10,13H2,1-4H3,(H,29,33)/t14-,15-,17-/m1/s1. The topological polar surface area (TPSA) is 102 Å². The van der Waals surface area contributed by atoms with Crippen LogP contribution in [0.15, 0.2) is 18.2 Å². The molecule has 2 N–H and O–H groups in total. The number of carbonyl (C=O) groups excluding carboxylic acids is 1. The molecule has 0 saturated heterocycles. The summed E-state index contributed by atoms with van der Waals surface area (Å²) < 4.78 is 69.3. The third-order valence-corrected chi connectivity index (χ3v) is 8.70. The molecule has 1 saturated carbocycles. The lowest BCUT2D eigenvalue weighted by molar-refractivity contribution is -0.138. The van der Waals surface area contributed by atoms with Gasteiger partial charge in [-0.3, -0.25) is 9.36 Å². The molecule has 1 fully saturated rings. The van der Waals surface area contributed by atoms with Gasteiger partial charge in [0.15, 0.2) is 5.69 Å². The van der Waals surface area contributed by atoms with Gasteiger partial charge in [-0.05, 0) is 50.7 Å². The van der Waals surface area contributed by atoms with Crippen molar-refractivity contribution >= 4 is 33.0 Å². The van der Waals surface area contributed by atoms with Gasteiger partial charge in [0.2, 0.25) is 0 Å². The molecule has 8 nitrogen and oxygen atoms in total. The number of methoxy groups -OCH3 is 1. The van der Waals surface area contributed by atoms with Crippen molar-refractivity contribution < 1.29 is 31.1 Å². The third-order valence-electron chi connectivity index (χ3n) is 6.67. The quantitative estimate of drug-likeness (QED) is 0.454. The first-order valence-corrected chi connectivity index (χ1v) is 14.3. The number of sulfone groups is 1. The average molecular weight is 565 g/mol. The Morgan fingerprint density at radius 3 is 2.46 bits per heavy atom. The van der Waals surface area contributed by atoms with Gasteiger partial charge in [-0.25, -0.2) is 13.4 Å². The summed E-state index contributed by atoms with van der Waals surface area (Å²) in [4.78, 5) is 17.4. The van der Waals surface area contributed by atoms with Crippen molar-refractivity contribution in [2.24, 2.45) is 5.92 Å². The highest BCUT2D eigenvalue weighted by Crippen LogP contribution is 2.34. The Balaban J connectivity index is 1.78. The van der Waals surface area contributed by atoms with E-state index < -0.39 is 28.0 Å². The molecule has 0 spiro atoms. The first-order chi connectivity index (χ1) is 17.3. The SMILES string of the molecule is CCc1nc(C(=O)NC[C@H]2CC[C@H](S(C)(=O)=O)CC2)c(Cl)n1-c1ccc(N[C@H](C)C(F)(F)F)cc1OC. The maximum absolute atomic E-state index is 13.0. The lowest BCUT2D eigenvalue weighted by Crippen LogP contribution is -2.34. The molecule has 13 heteroatoms. The van der Waals surface area contributed by atoms with Crippen LogP contribution in [0.2, 0.25) is 5.15 Å². The molecular formula is C24H32ClF3N4O4S. The number of imidazole rings is 1. The maximum Gasteiger partial charge on any atom is 0.408 e. The first kappa shape index (κ1) is 29.1. The maximum atomic E-state index is 13.0. The highest BCUT2D eigenvalue weighted by atomic mass is 35.5.